The minimum Gasteiger partial charge on any atom is -0.314 e. The molecule has 1 heterocycles. The number of ether oxygens (including phenoxy) is 1. The second kappa shape index (κ2) is 4.02. The lowest BCUT2D eigenvalue weighted by Crippen LogP contribution is -2.54. The Morgan fingerprint density at radius 1 is 1.00 bits per heavy atom. The normalized spacial score (nSPS) is 23.8. The molecule has 1 aliphatic rings. The van der Waals surface area contributed by atoms with Gasteiger partial charge >= 0.3 is 18.2 Å². The number of halogens is 7. The molecule has 9 heteroatoms. The quantitative estimate of drug-likeness (QED) is 0.780. The molecule has 96 valence electrons. The number of hydrogen-bond donors (Lipinski definition) is 1. The molecule has 2 nitrogen and oxygen atoms in total. The molecule has 0 bridgehead atoms. The molecular weight excluding hydrogens is 247 g/mol. The third-order valence-corrected chi connectivity index (χ3v) is 2.05. The Bertz CT molecular complexity index is 246. The third-order valence-electron chi connectivity index (χ3n) is 2.05. The van der Waals surface area contributed by atoms with E-state index in [1.165, 1.54) is 0 Å². The standard InChI is InChI=1S/C7H8F7NO/c8-5(9,6(10,11)12)7(13,14)16-4-1-2-15-3-4/h4,15H,1-3H2. The summed E-state index contributed by atoms with van der Waals surface area (Å²) in [5.74, 6) is -6.19. The monoisotopic (exact) mass is 255 g/mol. The molecule has 0 saturated carbocycles. The Morgan fingerprint density at radius 2 is 1.56 bits per heavy atom. The van der Waals surface area contributed by atoms with Gasteiger partial charge in [0, 0.05) is 6.54 Å². The van der Waals surface area contributed by atoms with Gasteiger partial charge in [-0.3, -0.25) is 0 Å². The summed E-state index contributed by atoms with van der Waals surface area (Å²) in [5.41, 5.74) is 0. The van der Waals surface area contributed by atoms with Gasteiger partial charge in [-0.15, -0.1) is 0 Å². The minimum atomic E-state index is -6.34. The van der Waals surface area contributed by atoms with Crippen molar-refractivity contribution in [3.63, 3.8) is 0 Å². The van der Waals surface area contributed by atoms with Crippen LogP contribution < -0.4 is 5.32 Å². The van der Waals surface area contributed by atoms with Gasteiger partial charge in [0.1, 0.15) is 0 Å². The molecule has 1 rings (SSSR count). The van der Waals surface area contributed by atoms with Gasteiger partial charge in [-0.05, 0) is 13.0 Å². The summed E-state index contributed by atoms with van der Waals surface area (Å²) in [7, 11) is 0. The van der Waals surface area contributed by atoms with Gasteiger partial charge in [-0.25, -0.2) is 0 Å². The zero-order valence-electron chi connectivity index (χ0n) is 7.75. The predicted octanol–water partition coefficient (Wildman–Crippen LogP) is 2.16. The van der Waals surface area contributed by atoms with Crippen molar-refractivity contribution in [1.82, 2.24) is 5.32 Å². The van der Waals surface area contributed by atoms with E-state index in [2.05, 4.69) is 10.1 Å². The lowest BCUT2D eigenvalue weighted by molar-refractivity contribution is -0.430. The highest BCUT2D eigenvalue weighted by Gasteiger charge is 2.74. The van der Waals surface area contributed by atoms with Crippen molar-refractivity contribution in [3.8, 4) is 0 Å². The van der Waals surface area contributed by atoms with Crippen molar-refractivity contribution < 1.29 is 35.5 Å². The van der Waals surface area contributed by atoms with Crippen molar-refractivity contribution >= 4 is 0 Å². The van der Waals surface area contributed by atoms with Crippen molar-refractivity contribution in [2.45, 2.75) is 30.7 Å². The largest absolute Gasteiger partial charge is 0.462 e. The number of hydrogen-bond acceptors (Lipinski definition) is 2. The summed E-state index contributed by atoms with van der Waals surface area (Å²) in [6.07, 6.45) is -13.3. The molecule has 1 unspecified atom stereocenters. The first-order valence-corrected chi connectivity index (χ1v) is 4.29. The molecule has 1 N–H and O–H groups in total. The first kappa shape index (κ1) is 13.5. The number of alkyl halides is 7. The fraction of sp³-hybridized carbons (Fsp3) is 1.00. The van der Waals surface area contributed by atoms with Gasteiger partial charge in [0.25, 0.3) is 0 Å². The van der Waals surface area contributed by atoms with Crippen molar-refractivity contribution in [2.24, 2.45) is 0 Å². The Balaban J connectivity index is 2.75. The third kappa shape index (κ3) is 2.40. The Hall–Kier alpha value is -0.570. The Labute approximate surface area is 85.7 Å². The van der Waals surface area contributed by atoms with Crippen LogP contribution in [0.2, 0.25) is 0 Å². The van der Waals surface area contributed by atoms with Crippen LogP contribution in [0.1, 0.15) is 6.42 Å². The molecule has 0 spiro atoms. The topological polar surface area (TPSA) is 21.3 Å². The van der Waals surface area contributed by atoms with Crippen LogP contribution in [-0.4, -0.2) is 37.4 Å². The van der Waals surface area contributed by atoms with Gasteiger partial charge in [0.05, 0.1) is 6.10 Å². The van der Waals surface area contributed by atoms with Crippen LogP contribution in [0.4, 0.5) is 30.7 Å². The van der Waals surface area contributed by atoms with E-state index in [0.29, 0.717) is 0 Å². The smallest absolute Gasteiger partial charge is 0.314 e. The molecule has 1 aliphatic heterocycles. The van der Waals surface area contributed by atoms with Gasteiger partial charge < -0.3 is 10.1 Å². The zero-order valence-corrected chi connectivity index (χ0v) is 7.75. The molecule has 0 aromatic carbocycles. The van der Waals surface area contributed by atoms with Crippen LogP contribution in [0.5, 0.6) is 0 Å². The number of nitrogens with one attached hydrogen (secondary N) is 1. The second-order valence-electron chi connectivity index (χ2n) is 3.32. The van der Waals surface area contributed by atoms with E-state index >= 15 is 0 Å². The summed E-state index contributed by atoms with van der Waals surface area (Å²) in [6, 6.07) is 0. The predicted molar refractivity (Wildman–Crippen MR) is 38.3 cm³/mol. The van der Waals surface area contributed by atoms with E-state index in [1.54, 1.807) is 0 Å². The first-order chi connectivity index (χ1) is 7.08. The maximum atomic E-state index is 12.6. The van der Waals surface area contributed by atoms with Crippen LogP contribution in [0.3, 0.4) is 0 Å². The van der Waals surface area contributed by atoms with Crippen LogP contribution in [0.25, 0.3) is 0 Å². The van der Waals surface area contributed by atoms with Crippen LogP contribution in [0, 0.1) is 0 Å². The molecule has 0 aromatic heterocycles. The lowest BCUT2D eigenvalue weighted by Gasteiger charge is -2.29. The maximum Gasteiger partial charge on any atom is 0.462 e. The zero-order chi connectivity index (χ0) is 12.6. The minimum absolute atomic E-state index is 0.0382. The van der Waals surface area contributed by atoms with Gasteiger partial charge in [0.2, 0.25) is 0 Å². The van der Waals surface area contributed by atoms with E-state index in [4.69, 9.17) is 0 Å². The highest BCUT2D eigenvalue weighted by molar-refractivity contribution is 4.86. The fourth-order valence-electron chi connectivity index (χ4n) is 1.18. The second-order valence-corrected chi connectivity index (χ2v) is 3.32. The molecular formula is C7H8F7NO. The summed E-state index contributed by atoms with van der Waals surface area (Å²) in [5, 5.41) is 2.50. The maximum absolute atomic E-state index is 12.6. The Kier molecular flexibility index (Phi) is 3.39. The van der Waals surface area contributed by atoms with Crippen LogP contribution in [-0.2, 0) is 4.74 Å². The van der Waals surface area contributed by atoms with Gasteiger partial charge in [0.15, 0.2) is 0 Å². The van der Waals surface area contributed by atoms with Gasteiger partial charge in [-0.2, -0.15) is 30.7 Å². The summed E-state index contributed by atoms with van der Waals surface area (Å²) in [4.78, 5) is 0. The lowest BCUT2D eigenvalue weighted by atomic mass is 10.2. The average Bonchev–Trinajstić information content (AvgIpc) is 2.53. The Morgan fingerprint density at radius 3 is 1.94 bits per heavy atom. The van der Waals surface area contributed by atoms with E-state index in [1.807, 2.05) is 0 Å². The summed E-state index contributed by atoms with van der Waals surface area (Å²) >= 11 is 0. The van der Waals surface area contributed by atoms with Crippen molar-refractivity contribution in [3.05, 3.63) is 0 Å². The molecule has 1 fully saturated rings. The SMILES string of the molecule is FC(F)(F)C(F)(F)C(F)(F)OC1CCNC1. The molecule has 0 aliphatic carbocycles. The summed E-state index contributed by atoms with van der Waals surface area (Å²) < 4.78 is 88.5. The molecule has 0 aromatic rings. The molecule has 1 saturated heterocycles. The highest BCUT2D eigenvalue weighted by atomic mass is 19.4. The average molecular weight is 255 g/mol. The molecule has 0 amide bonds. The molecule has 16 heavy (non-hydrogen) atoms. The molecule has 1 atom stereocenters. The highest BCUT2D eigenvalue weighted by Crippen LogP contribution is 2.47. The van der Waals surface area contributed by atoms with E-state index in [9.17, 15) is 30.7 Å². The molecule has 0 radical (unpaired) electrons. The first-order valence-electron chi connectivity index (χ1n) is 4.29. The van der Waals surface area contributed by atoms with Gasteiger partial charge in [-0.1, -0.05) is 0 Å². The van der Waals surface area contributed by atoms with E-state index < -0.39 is 24.3 Å². The van der Waals surface area contributed by atoms with Crippen molar-refractivity contribution in [1.29, 1.82) is 0 Å². The fourth-order valence-corrected chi connectivity index (χ4v) is 1.18. The van der Waals surface area contributed by atoms with Crippen LogP contribution in [0.15, 0.2) is 0 Å². The van der Waals surface area contributed by atoms with Crippen molar-refractivity contribution in [2.75, 3.05) is 13.1 Å². The number of rotatable bonds is 3. The van der Waals surface area contributed by atoms with E-state index in [0.717, 1.165) is 0 Å². The van der Waals surface area contributed by atoms with E-state index in [-0.39, 0.29) is 19.5 Å². The van der Waals surface area contributed by atoms with Crippen LogP contribution >= 0.6 is 0 Å². The summed E-state index contributed by atoms with van der Waals surface area (Å²) in [6.45, 7) is 0.0574.